The number of benzene rings is 2. The molecule has 1 heterocycles. The van der Waals surface area contributed by atoms with Crippen molar-refractivity contribution >= 4 is 27.5 Å². The monoisotopic (exact) mass is 389 g/mol. The molecule has 1 amide bonds. The van der Waals surface area contributed by atoms with Gasteiger partial charge in [0.1, 0.15) is 11.9 Å². The maximum Gasteiger partial charge on any atom is 0.250 e. The minimum atomic E-state index is -0.742. The highest BCUT2D eigenvalue weighted by Gasteiger charge is 2.20. The van der Waals surface area contributed by atoms with Crippen molar-refractivity contribution in [3.8, 4) is 11.4 Å². The van der Waals surface area contributed by atoms with Gasteiger partial charge in [-0.05, 0) is 36.4 Å². The molecule has 8 heteroatoms. The fraction of sp³-hybridized carbons (Fsp3) is 0.125. The zero-order valence-electron chi connectivity index (χ0n) is 12.6. The molecule has 1 aromatic heterocycles. The van der Waals surface area contributed by atoms with Gasteiger partial charge in [-0.2, -0.15) is 4.80 Å². The van der Waals surface area contributed by atoms with E-state index in [9.17, 15) is 9.18 Å². The quantitative estimate of drug-likeness (QED) is 0.741. The van der Waals surface area contributed by atoms with E-state index in [-0.39, 0.29) is 5.69 Å². The summed E-state index contributed by atoms with van der Waals surface area (Å²) in [6, 6.07) is 12.7. The molecule has 0 aliphatic rings. The first-order chi connectivity index (χ1) is 11.6. The Morgan fingerprint density at radius 3 is 2.67 bits per heavy atom. The van der Waals surface area contributed by atoms with Crippen LogP contribution in [0.1, 0.15) is 13.0 Å². The van der Waals surface area contributed by atoms with Crippen molar-refractivity contribution in [3.63, 3.8) is 0 Å². The molecule has 0 saturated heterocycles. The molecule has 6 nitrogen and oxygen atoms in total. The number of nitrogens with zero attached hydrogens (tertiary/aromatic N) is 4. The van der Waals surface area contributed by atoms with Crippen LogP contribution in [0.15, 0.2) is 53.0 Å². The number of hydrogen-bond acceptors (Lipinski definition) is 4. The maximum absolute atomic E-state index is 13.6. The molecule has 2 aromatic carbocycles. The normalized spacial score (nSPS) is 12.0. The zero-order chi connectivity index (χ0) is 17.1. The number of rotatable bonds is 4. The number of carbonyl (C=O) groups is 1. The Morgan fingerprint density at radius 1 is 1.21 bits per heavy atom. The van der Waals surface area contributed by atoms with E-state index in [1.54, 1.807) is 19.1 Å². The van der Waals surface area contributed by atoms with Crippen molar-refractivity contribution in [2.45, 2.75) is 13.0 Å². The number of carbonyl (C=O) groups excluding carboxylic acids is 1. The van der Waals surface area contributed by atoms with E-state index in [2.05, 4.69) is 36.7 Å². The third kappa shape index (κ3) is 3.33. The summed E-state index contributed by atoms with van der Waals surface area (Å²) >= 11 is 3.42. The van der Waals surface area contributed by atoms with Crippen molar-refractivity contribution in [1.82, 2.24) is 20.2 Å². The Morgan fingerprint density at radius 2 is 1.92 bits per heavy atom. The van der Waals surface area contributed by atoms with Gasteiger partial charge in [0.25, 0.3) is 5.91 Å². The van der Waals surface area contributed by atoms with Gasteiger partial charge < -0.3 is 5.32 Å². The minimum absolute atomic E-state index is 0.112. The lowest BCUT2D eigenvalue weighted by atomic mass is 10.2. The number of aromatic nitrogens is 4. The van der Waals surface area contributed by atoms with Gasteiger partial charge in [-0.25, -0.2) is 4.39 Å². The Hall–Kier alpha value is -2.61. The molecule has 0 bridgehead atoms. The Bertz CT molecular complexity index is 882. The van der Waals surface area contributed by atoms with Gasteiger partial charge in [-0.3, -0.25) is 4.79 Å². The van der Waals surface area contributed by atoms with Gasteiger partial charge >= 0.3 is 0 Å². The van der Waals surface area contributed by atoms with E-state index in [4.69, 9.17) is 0 Å². The molecule has 0 radical (unpaired) electrons. The van der Waals surface area contributed by atoms with Gasteiger partial charge in [-0.15, -0.1) is 10.2 Å². The number of hydrogen-bond donors (Lipinski definition) is 1. The fourth-order valence-electron chi connectivity index (χ4n) is 2.04. The third-order valence-corrected chi connectivity index (χ3v) is 4.09. The van der Waals surface area contributed by atoms with Crippen molar-refractivity contribution < 1.29 is 9.18 Å². The van der Waals surface area contributed by atoms with Crippen LogP contribution in [0.2, 0.25) is 0 Å². The van der Waals surface area contributed by atoms with Crippen LogP contribution in [0, 0.1) is 5.82 Å². The zero-order valence-corrected chi connectivity index (χ0v) is 14.2. The first-order valence-electron chi connectivity index (χ1n) is 7.16. The fourth-order valence-corrected chi connectivity index (χ4v) is 2.51. The predicted octanol–water partition coefficient (Wildman–Crippen LogP) is 3.44. The molecule has 0 spiro atoms. The van der Waals surface area contributed by atoms with Gasteiger partial charge in [-0.1, -0.05) is 40.2 Å². The first-order valence-corrected chi connectivity index (χ1v) is 7.95. The smallest absolute Gasteiger partial charge is 0.250 e. The van der Waals surface area contributed by atoms with Crippen molar-refractivity contribution in [3.05, 3.63) is 58.8 Å². The highest BCUT2D eigenvalue weighted by Crippen LogP contribution is 2.24. The standard InChI is InChI=1S/C16H13BrFN5O/c1-10(16(24)19-14-9-5-4-8-13(14)18)23-21-15(20-22-23)11-6-2-3-7-12(11)17/h2-10H,1H3,(H,19,24)/t10-/m0/s1. The minimum Gasteiger partial charge on any atom is -0.322 e. The molecule has 0 fully saturated rings. The summed E-state index contributed by atoms with van der Waals surface area (Å²) in [6.07, 6.45) is 0. The largest absolute Gasteiger partial charge is 0.322 e. The summed E-state index contributed by atoms with van der Waals surface area (Å²) in [5, 5.41) is 14.6. The van der Waals surface area contributed by atoms with Crippen molar-refractivity contribution in [2.75, 3.05) is 5.32 Å². The third-order valence-electron chi connectivity index (χ3n) is 3.40. The molecular weight excluding hydrogens is 377 g/mol. The van der Waals surface area contributed by atoms with Crippen LogP contribution < -0.4 is 5.32 Å². The second-order valence-corrected chi connectivity index (χ2v) is 5.91. The van der Waals surface area contributed by atoms with Gasteiger partial charge in [0.2, 0.25) is 5.82 Å². The Balaban J connectivity index is 1.79. The van der Waals surface area contributed by atoms with E-state index in [0.717, 1.165) is 10.0 Å². The molecule has 0 saturated carbocycles. The van der Waals surface area contributed by atoms with E-state index >= 15 is 0 Å². The summed E-state index contributed by atoms with van der Waals surface area (Å²) in [6.45, 7) is 1.61. The molecule has 1 N–H and O–H groups in total. The lowest BCUT2D eigenvalue weighted by Crippen LogP contribution is -2.25. The Kier molecular flexibility index (Phi) is 4.66. The maximum atomic E-state index is 13.6. The SMILES string of the molecule is C[C@@H](C(=O)Nc1ccccc1F)n1nnc(-c2ccccc2Br)n1. The number of nitrogens with one attached hydrogen (secondary N) is 1. The highest BCUT2D eigenvalue weighted by molar-refractivity contribution is 9.10. The lowest BCUT2D eigenvalue weighted by molar-refractivity contribution is -0.119. The molecule has 0 aliphatic heterocycles. The van der Waals surface area contributed by atoms with Crippen LogP contribution in [-0.2, 0) is 4.79 Å². The molecule has 3 rings (SSSR count). The molecule has 0 unspecified atom stereocenters. The number of amides is 1. The highest BCUT2D eigenvalue weighted by atomic mass is 79.9. The van der Waals surface area contributed by atoms with Crippen LogP contribution >= 0.6 is 15.9 Å². The summed E-state index contributed by atoms with van der Waals surface area (Å²) in [7, 11) is 0. The van der Waals surface area contributed by atoms with E-state index < -0.39 is 17.8 Å². The van der Waals surface area contributed by atoms with Gasteiger partial charge in [0.15, 0.2) is 0 Å². The number of halogens is 2. The average Bonchev–Trinajstić information content (AvgIpc) is 3.06. The number of para-hydroxylation sites is 1. The molecule has 122 valence electrons. The second kappa shape index (κ2) is 6.88. The predicted molar refractivity (Wildman–Crippen MR) is 90.7 cm³/mol. The molecule has 0 aliphatic carbocycles. The van der Waals surface area contributed by atoms with Gasteiger partial charge in [0, 0.05) is 10.0 Å². The number of tetrazole rings is 1. The molecule has 24 heavy (non-hydrogen) atoms. The van der Waals surface area contributed by atoms with E-state index in [0.29, 0.717) is 5.82 Å². The van der Waals surface area contributed by atoms with E-state index in [1.807, 2.05) is 24.3 Å². The van der Waals surface area contributed by atoms with Crippen molar-refractivity contribution in [2.24, 2.45) is 0 Å². The summed E-state index contributed by atoms with van der Waals surface area (Å²) in [4.78, 5) is 13.5. The number of anilines is 1. The molecule has 1 atom stereocenters. The Labute approximate surface area is 145 Å². The first kappa shape index (κ1) is 16.3. The van der Waals surface area contributed by atoms with Crippen LogP contribution in [0.3, 0.4) is 0 Å². The topological polar surface area (TPSA) is 72.7 Å². The van der Waals surface area contributed by atoms with Crippen LogP contribution in [0.25, 0.3) is 11.4 Å². The molecular formula is C16H13BrFN5O. The summed E-state index contributed by atoms with van der Waals surface area (Å²) in [5.41, 5.74) is 0.881. The lowest BCUT2D eigenvalue weighted by Gasteiger charge is -2.11. The average molecular weight is 390 g/mol. The molecule has 3 aromatic rings. The van der Waals surface area contributed by atoms with Gasteiger partial charge in [0.05, 0.1) is 5.69 Å². The van der Waals surface area contributed by atoms with Crippen molar-refractivity contribution in [1.29, 1.82) is 0 Å². The van der Waals surface area contributed by atoms with E-state index in [1.165, 1.54) is 16.9 Å². The van der Waals surface area contributed by atoms with Crippen LogP contribution in [0.4, 0.5) is 10.1 Å². The van der Waals surface area contributed by atoms with Crippen LogP contribution in [-0.4, -0.2) is 26.1 Å². The summed E-state index contributed by atoms with van der Waals surface area (Å²) < 4.78 is 14.4. The van der Waals surface area contributed by atoms with Crippen LogP contribution in [0.5, 0.6) is 0 Å². The summed E-state index contributed by atoms with van der Waals surface area (Å²) in [5.74, 6) is -0.539. The second-order valence-electron chi connectivity index (χ2n) is 5.06.